The van der Waals surface area contributed by atoms with Crippen molar-refractivity contribution in [2.75, 3.05) is 6.61 Å². The first-order valence-electron chi connectivity index (χ1n) is 5.81. The van der Waals surface area contributed by atoms with Crippen molar-refractivity contribution in [3.8, 4) is 0 Å². The molecule has 1 fully saturated rings. The van der Waals surface area contributed by atoms with Crippen molar-refractivity contribution >= 4 is 11.7 Å². The average Bonchev–Trinajstić information content (AvgIpc) is 3.10. The molecule has 0 bridgehead atoms. The minimum atomic E-state index is -0.898. The number of ether oxygens (including phenoxy) is 1. The molecule has 0 aliphatic heterocycles. The van der Waals surface area contributed by atoms with Crippen LogP contribution < -0.4 is 0 Å². The van der Waals surface area contributed by atoms with Crippen LogP contribution in [0.25, 0.3) is 0 Å². The third-order valence-corrected chi connectivity index (χ3v) is 3.08. The highest BCUT2D eigenvalue weighted by molar-refractivity contribution is 5.87. The second-order valence-electron chi connectivity index (χ2n) is 4.38. The summed E-state index contributed by atoms with van der Waals surface area (Å²) in [5.41, 5.74) is -0.104. The van der Waals surface area contributed by atoms with Crippen molar-refractivity contribution in [1.29, 1.82) is 0 Å². The zero-order valence-electron chi connectivity index (χ0n) is 10.3. The van der Waals surface area contributed by atoms with Gasteiger partial charge in [0.25, 0.3) is 5.69 Å². The molecule has 0 spiro atoms. The van der Waals surface area contributed by atoms with Crippen LogP contribution in [0.5, 0.6) is 0 Å². The fourth-order valence-electron chi connectivity index (χ4n) is 1.98. The molecule has 0 aromatic carbocycles. The van der Waals surface area contributed by atoms with Crippen LogP contribution in [0.15, 0.2) is 12.1 Å². The lowest BCUT2D eigenvalue weighted by Gasteiger charge is -2.13. The topological polar surface area (TPSA) is 82.3 Å². The Kier molecular flexibility index (Phi) is 3.02. The summed E-state index contributed by atoms with van der Waals surface area (Å²) in [7, 11) is 0. The van der Waals surface area contributed by atoms with E-state index in [0.717, 1.165) is 0 Å². The summed E-state index contributed by atoms with van der Waals surface area (Å²) in [4.78, 5) is 26.6. The molecule has 1 aromatic rings. The van der Waals surface area contributed by atoms with Crippen LogP contribution in [-0.2, 0) is 14.9 Å². The number of nitrogens with zero attached hydrogens (tertiary/aromatic N) is 2. The van der Waals surface area contributed by atoms with Crippen LogP contribution in [0.2, 0.25) is 0 Å². The van der Waals surface area contributed by atoms with E-state index in [-0.39, 0.29) is 18.0 Å². The van der Waals surface area contributed by atoms with Gasteiger partial charge >= 0.3 is 5.97 Å². The summed E-state index contributed by atoms with van der Waals surface area (Å²) in [6.45, 7) is 3.72. The van der Waals surface area contributed by atoms with Crippen LogP contribution in [0.3, 0.4) is 0 Å². The quantitative estimate of drug-likeness (QED) is 0.463. The number of carbonyl (C=O) groups excluding carboxylic acids is 1. The molecule has 6 heteroatoms. The summed E-state index contributed by atoms with van der Waals surface area (Å²) in [5.74, 6) is -0.411. The van der Waals surface area contributed by atoms with Crippen LogP contribution in [0.1, 0.15) is 31.2 Å². The van der Waals surface area contributed by atoms with Crippen molar-refractivity contribution in [1.82, 2.24) is 4.98 Å². The van der Waals surface area contributed by atoms with Gasteiger partial charge in [0, 0.05) is 11.8 Å². The van der Waals surface area contributed by atoms with Gasteiger partial charge in [0.1, 0.15) is 11.1 Å². The average molecular weight is 250 g/mol. The Hall–Kier alpha value is -1.98. The molecular weight excluding hydrogens is 236 g/mol. The van der Waals surface area contributed by atoms with E-state index in [4.69, 9.17) is 4.74 Å². The smallest absolute Gasteiger partial charge is 0.318 e. The molecular formula is C12H14N2O4. The highest BCUT2D eigenvalue weighted by atomic mass is 16.6. The van der Waals surface area contributed by atoms with E-state index < -0.39 is 16.3 Å². The maximum atomic E-state index is 11.9. The number of aryl methyl sites for hydroxylation is 1. The Bertz CT molecular complexity index is 509. The van der Waals surface area contributed by atoms with Gasteiger partial charge in [0.2, 0.25) is 0 Å². The largest absolute Gasteiger partial charge is 0.465 e. The summed E-state index contributed by atoms with van der Waals surface area (Å²) >= 11 is 0. The maximum Gasteiger partial charge on any atom is 0.318 e. The Morgan fingerprint density at radius 3 is 2.72 bits per heavy atom. The fraction of sp³-hybridized carbons (Fsp3) is 0.500. The van der Waals surface area contributed by atoms with Crippen LogP contribution in [-0.4, -0.2) is 22.5 Å². The van der Waals surface area contributed by atoms with E-state index in [0.29, 0.717) is 18.5 Å². The zero-order valence-corrected chi connectivity index (χ0v) is 10.3. The molecule has 1 aliphatic carbocycles. The minimum absolute atomic E-state index is 0.105. The van der Waals surface area contributed by atoms with Gasteiger partial charge < -0.3 is 4.74 Å². The first-order chi connectivity index (χ1) is 8.51. The first kappa shape index (κ1) is 12.5. The molecule has 18 heavy (non-hydrogen) atoms. The van der Waals surface area contributed by atoms with Gasteiger partial charge in [-0.1, -0.05) is 0 Å². The molecule has 1 saturated carbocycles. The number of pyridine rings is 1. The lowest BCUT2D eigenvalue weighted by atomic mass is 10.00. The van der Waals surface area contributed by atoms with Crippen LogP contribution in [0.4, 0.5) is 5.69 Å². The van der Waals surface area contributed by atoms with Gasteiger partial charge in [-0.25, -0.2) is 4.98 Å². The predicted octanol–water partition coefficient (Wildman–Crippen LogP) is 1.89. The van der Waals surface area contributed by atoms with E-state index >= 15 is 0 Å². The SMILES string of the molecule is CCOC(=O)C1(c2nc(C)ccc2[N+](=O)[O-])CC1. The third kappa shape index (κ3) is 1.94. The predicted molar refractivity (Wildman–Crippen MR) is 63.2 cm³/mol. The lowest BCUT2D eigenvalue weighted by molar-refractivity contribution is -0.386. The lowest BCUT2D eigenvalue weighted by Crippen LogP contribution is -2.25. The van der Waals surface area contributed by atoms with Crippen molar-refractivity contribution in [2.45, 2.75) is 32.1 Å². The van der Waals surface area contributed by atoms with Gasteiger partial charge in [-0.15, -0.1) is 0 Å². The van der Waals surface area contributed by atoms with Crippen molar-refractivity contribution in [2.24, 2.45) is 0 Å². The van der Waals surface area contributed by atoms with E-state index in [1.54, 1.807) is 19.9 Å². The summed E-state index contributed by atoms with van der Waals surface area (Å²) in [6.07, 6.45) is 1.12. The number of hydrogen-bond acceptors (Lipinski definition) is 5. The number of esters is 1. The minimum Gasteiger partial charge on any atom is -0.465 e. The Balaban J connectivity index is 2.47. The number of carbonyl (C=O) groups is 1. The normalized spacial score (nSPS) is 16.1. The molecule has 0 amide bonds. The zero-order chi connectivity index (χ0) is 13.3. The molecule has 0 radical (unpaired) electrons. The molecule has 0 N–H and O–H groups in total. The number of aromatic nitrogens is 1. The number of rotatable bonds is 4. The van der Waals surface area contributed by atoms with E-state index in [1.165, 1.54) is 6.07 Å². The molecule has 2 rings (SSSR count). The van der Waals surface area contributed by atoms with Gasteiger partial charge in [0.15, 0.2) is 0 Å². The van der Waals surface area contributed by atoms with Gasteiger partial charge in [-0.2, -0.15) is 0 Å². The van der Waals surface area contributed by atoms with E-state index in [2.05, 4.69) is 4.98 Å². The monoisotopic (exact) mass is 250 g/mol. The Morgan fingerprint density at radius 2 is 2.22 bits per heavy atom. The van der Waals surface area contributed by atoms with E-state index in [1.807, 2.05) is 0 Å². The van der Waals surface area contributed by atoms with Gasteiger partial charge in [0.05, 0.1) is 11.5 Å². The van der Waals surface area contributed by atoms with Crippen LogP contribution >= 0.6 is 0 Å². The highest BCUT2D eigenvalue weighted by Crippen LogP contribution is 2.51. The Morgan fingerprint density at radius 1 is 1.56 bits per heavy atom. The molecule has 0 atom stereocenters. The van der Waals surface area contributed by atoms with E-state index in [9.17, 15) is 14.9 Å². The molecule has 0 saturated heterocycles. The standard InChI is InChI=1S/C12H14N2O4/c1-3-18-11(15)12(6-7-12)10-9(14(16)17)5-4-8(2)13-10/h4-5H,3,6-7H2,1-2H3. The summed E-state index contributed by atoms with van der Waals surface area (Å²) in [5, 5.41) is 11.0. The van der Waals surface area contributed by atoms with Gasteiger partial charge in [-0.05, 0) is 32.8 Å². The van der Waals surface area contributed by atoms with Crippen molar-refractivity contribution in [3.05, 3.63) is 33.6 Å². The van der Waals surface area contributed by atoms with Gasteiger partial charge in [-0.3, -0.25) is 14.9 Å². The molecule has 6 nitrogen and oxygen atoms in total. The fourth-order valence-corrected chi connectivity index (χ4v) is 1.98. The Labute approximate surface area is 104 Å². The second kappa shape index (κ2) is 4.36. The molecule has 1 heterocycles. The number of nitro groups is 1. The first-order valence-corrected chi connectivity index (χ1v) is 5.81. The third-order valence-electron chi connectivity index (χ3n) is 3.08. The molecule has 1 aliphatic rings. The second-order valence-corrected chi connectivity index (χ2v) is 4.38. The maximum absolute atomic E-state index is 11.9. The highest BCUT2D eigenvalue weighted by Gasteiger charge is 2.57. The van der Waals surface area contributed by atoms with Crippen molar-refractivity contribution < 1.29 is 14.5 Å². The molecule has 96 valence electrons. The van der Waals surface area contributed by atoms with Crippen molar-refractivity contribution in [3.63, 3.8) is 0 Å². The summed E-state index contributed by atoms with van der Waals surface area (Å²) < 4.78 is 5.00. The number of hydrogen-bond donors (Lipinski definition) is 0. The van der Waals surface area contributed by atoms with Crippen LogP contribution in [0, 0.1) is 17.0 Å². The molecule has 0 unspecified atom stereocenters. The summed E-state index contributed by atoms with van der Waals surface area (Å²) in [6, 6.07) is 2.97. The molecule has 1 aromatic heterocycles.